The number of carbonyl (C=O) groups excluding carboxylic acids is 1. The van der Waals surface area contributed by atoms with Crippen molar-refractivity contribution in [3.05, 3.63) is 89.9 Å². The molecule has 0 spiro atoms. The molecule has 1 aromatic heterocycles. The largest absolute Gasteiger partial charge is 0.493 e. The first kappa shape index (κ1) is 23.4. The van der Waals surface area contributed by atoms with Crippen molar-refractivity contribution in [3.63, 3.8) is 0 Å². The highest BCUT2D eigenvalue weighted by molar-refractivity contribution is 5.89. The van der Waals surface area contributed by atoms with Crippen LogP contribution in [0, 0.1) is 0 Å². The summed E-state index contributed by atoms with van der Waals surface area (Å²) in [5.74, 6) is 0.145. The topological polar surface area (TPSA) is 120 Å². The number of hydrogen-bond donors (Lipinski definition) is 2. The van der Waals surface area contributed by atoms with Crippen molar-refractivity contribution >= 4 is 28.9 Å². The third-order valence-corrected chi connectivity index (χ3v) is 4.94. The summed E-state index contributed by atoms with van der Waals surface area (Å²) in [5.41, 5.74) is 3.10. The second-order valence-electron chi connectivity index (χ2n) is 7.33. The lowest BCUT2D eigenvalue weighted by atomic mass is 10.1. The fraction of sp³-hybridized carbons (Fsp3) is 0.115. The zero-order valence-electron chi connectivity index (χ0n) is 18.8. The number of ether oxygens (including phenoxy) is 3. The molecule has 0 radical (unpaired) electrons. The second kappa shape index (κ2) is 10.9. The minimum Gasteiger partial charge on any atom is -0.493 e. The van der Waals surface area contributed by atoms with E-state index in [-0.39, 0.29) is 19.0 Å². The number of hydrazone groups is 1. The van der Waals surface area contributed by atoms with E-state index < -0.39 is 11.9 Å². The third kappa shape index (κ3) is 5.97. The highest BCUT2D eigenvalue weighted by atomic mass is 16.5. The Bertz CT molecular complexity index is 1370. The van der Waals surface area contributed by atoms with Gasteiger partial charge in [0, 0.05) is 5.39 Å². The van der Waals surface area contributed by atoms with Crippen LogP contribution in [0.25, 0.3) is 10.8 Å². The van der Waals surface area contributed by atoms with Gasteiger partial charge in [0.15, 0.2) is 18.1 Å². The van der Waals surface area contributed by atoms with E-state index in [0.29, 0.717) is 28.6 Å². The van der Waals surface area contributed by atoms with Crippen molar-refractivity contribution in [1.29, 1.82) is 0 Å². The van der Waals surface area contributed by atoms with Crippen LogP contribution in [0.2, 0.25) is 0 Å². The Hall–Kier alpha value is -4.79. The van der Waals surface area contributed by atoms with Crippen molar-refractivity contribution in [1.82, 2.24) is 5.43 Å². The smallest absolute Gasteiger partial charge is 0.371 e. The van der Waals surface area contributed by atoms with E-state index >= 15 is 0 Å². The Morgan fingerprint density at radius 1 is 0.971 bits per heavy atom. The highest BCUT2D eigenvalue weighted by Crippen LogP contribution is 2.29. The standard InChI is InChI=1S/C26H22N2O7/c1-32-24-13-17(9-11-22(24)33-15-19-10-12-23(35-19)26(30)31)14-27-28-25(29)16-34-21-8-4-6-18-5-2-3-7-20(18)21/h2-14H,15-16H2,1H3,(H,28,29)(H,30,31). The molecule has 35 heavy (non-hydrogen) atoms. The number of fused-ring (bicyclic) bond motifs is 1. The van der Waals surface area contributed by atoms with Gasteiger partial charge in [-0.25, -0.2) is 10.2 Å². The summed E-state index contributed by atoms with van der Waals surface area (Å²) in [6, 6.07) is 21.4. The predicted molar refractivity (Wildman–Crippen MR) is 128 cm³/mol. The average molecular weight is 474 g/mol. The minimum atomic E-state index is -1.15. The number of amides is 1. The van der Waals surface area contributed by atoms with Gasteiger partial charge < -0.3 is 23.7 Å². The van der Waals surface area contributed by atoms with Crippen molar-refractivity contribution in [2.75, 3.05) is 13.7 Å². The summed E-state index contributed by atoms with van der Waals surface area (Å²) in [5, 5.41) is 14.8. The molecule has 0 bridgehead atoms. The quantitative estimate of drug-likeness (QED) is 0.260. The number of methoxy groups -OCH3 is 1. The molecule has 0 unspecified atom stereocenters. The second-order valence-corrected chi connectivity index (χ2v) is 7.33. The van der Waals surface area contributed by atoms with Crippen LogP contribution in [0.4, 0.5) is 0 Å². The molecular weight excluding hydrogens is 452 g/mol. The molecule has 0 atom stereocenters. The summed E-state index contributed by atoms with van der Waals surface area (Å²) in [7, 11) is 1.49. The Labute approximate surface area is 200 Å². The van der Waals surface area contributed by atoms with Crippen LogP contribution < -0.4 is 19.6 Å². The lowest BCUT2D eigenvalue weighted by Gasteiger charge is -2.10. The molecule has 0 aliphatic rings. The van der Waals surface area contributed by atoms with E-state index in [1.165, 1.54) is 25.5 Å². The van der Waals surface area contributed by atoms with Crippen LogP contribution in [-0.4, -0.2) is 36.9 Å². The maximum absolute atomic E-state index is 12.1. The number of aromatic carboxylic acids is 1. The Morgan fingerprint density at radius 2 is 1.80 bits per heavy atom. The first-order valence-corrected chi connectivity index (χ1v) is 10.6. The van der Waals surface area contributed by atoms with Gasteiger partial charge in [-0.15, -0.1) is 0 Å². The predicted octanol–water partition coefficient (Wildman–Crippen LogP) is 4.25. The van der Waals surface area contributed by atoms with Gasteiger partial charge in [0.2, 0.25) is 5.76 Å². The maximum atomic E-state index is 12.1. The molecule has 9 heteroatoms. The van der Waals surface area contributed by atoms with E-state index in [1.54, 1.807) is 18.2 Å². The van der Waals surface area contributed by atoms with Gasteiger partial charge in [0.1, 0.15) is 18.1 Å². The molecule has 0 aliphatic heterocycles. The van der Waals surface area contributed by atoms with Gasteiger partial charge in [-0.05, 0) is 47.3 Å². The lowest BCUT2D eigenvalue weighted by molar-refractivity contribution is -0.123. The number of carbonyl (C=O) groups is 2. The zero-order valence-corrected chi connectivity index (χ0v) is 18.8. The number of hydrogen-bond acceptors (Lipinski definition) is 7. The van der Waals surface area contributed by atoms with Gasteiger partial charge in [0.05, 0.1) is 13.3 Å². The summed E-state index contributed by atoms with van der Waals surface area (Å²) in [6.45, 7) is -0.151. The summed E-state index contributed by atoms with van der Waals surface area (Å²) in [6.07, 6.45) is 1.47. The van der Waals surface area contributed by atoms with Gasteiger partial charge in [-0.3, -0.25) is 4.79 Å². The Morgan fingerprint density at radius 3 is 2.60 bits per heavy atom. The van der Waals surface area contributed by atoms with Gasteiger partial charge in [-0.1, -0.05) is 36.4 Å². The van der Waals surface area contributed by atoms with E-state index in [1.807, 2.05) is 42.5 Å². The SMILES string of the molecule is COc1cc(C=NNC(=O)COc2cccc3ccccc23)ccc1OCc1ccc(C(=O)O)o1. The minimum absolute atomic E-state index is 0.0316. The molecule has 9 nitrogen and oxygen atoms in total. The monoisotopic (exact) mass is 474 g/mol. The first-order valence-electron chi connectivity index (χ1n) is 10.6. The molecule has 1 amide bonds. The highest BCUT2D eigenvalue weighted by Gasteiger charge is 2.11. The van der Waals surface area contributed by atoms with E-state index in [0.717, 1.165) is 10.8 Å². The molecule has 1 heterocycles. The lowest BCUT2D eigenvalue weighted by Crippen LogP contribution is -2.24. The number of benzene rings is 3. The average Bonchev–Trinajstić information content (AvgIpc) is 3.36. The molecular formula is C26H22N2O7. The number of carboxylic acids is 1. The molecule has 0 saturated carbocycles. The van der Waals surface area contributed by atoms with E-state index in [4.69, 9.17) is 23.7 Å². The number of carboxylic acid groups (broad SMARTS) is 1. The number of nitrogens with zero attached hydrogens (tertiary/aromatic N) is 1. The van der Waals surface area contributed by atoms with Gasteiger partial charge in [0.25, 0.3) is 5.91 Å². The van der Waals surface area contributed by atoms with E-state index in [2.05, 4.69) is 10.5 Å². The molecule has 4 aromatic rings. The van der Waals surface area contributed by atoms with Crippen LogP contribution in [0.15, 0.2) is 82.3 Å². The molecule has 4 rings (SSSR count). The zero-order chi connectivity index (χ0) is 24.6. The number of furan rings is 1. The number of nitrogens with one attached hydrogen (secondary N) is 1. The van der Waals surface area contributed by atoms with Gasteiger partial charge >= 0.3 is 5.97 Å². The van der Waals surface area contributed by atoms with Crippen LogP contribution in [0.3, 0.4) is 0 Å². The third-order valence-electron chi connectivity index (χ3n) is 4.94. The molecule has 0 aliphatic carbocycles. The van der Waals surface area contributed by atoms with Crippen molar-refractivity contribution in [2.24, 2.45) is 5.10 Å². The summed E-state index contributed by atoms with van der Waals surface area (Å²) < 4.78 is 21.8. The fourth-order valence-electron chi connectivity index (χ4n) is 3.28. The Balaban J connectivity index is 1.31. The molecule has 0 fully saturated rings. The van der Waals surface area contributed by atoms with Crippen LogP contribution >= 0.6 is 0 Å². The van der Waals surface area contributed by atoms with Crippen molar-refractivity contribution in [3.8, 4) is 17.2 Å². The summed E-state index contributed by atoms with van der Waals surface area (Å²) in [4.78, 5) is 23.0. The van der Waals surface area contributed by atoms with Crippen molar-refractivity contribution in [2.45, 2.75) is 6.61 Å². The molecule has 178 valence electrons. The number of rotatable bonds is 10. The fourth-order valence-corrected chi connectivity index (χ4v) is 3.28. The Kier molecular flexibility index (Phi) is 7.27. The summed E-state index contributed by atoms with van der Waals surface area (Å²) >= 11 is 0. The first-order chi connectivity index (χ1) is 17.0. The van der Waals surface area contributed by atoms with Crippen molar-refractivity contribution < 1.29 is 33.3 Å². The molecule has 0 saturated heterocycles. The molecule has 2 N–H and O–H groups in total. The van der Waals surface area contributed by atoms with Crippen LogP contribution in [-0.2, 0) is 11.4 Å². The van der Waals surface area contributed by atoms with Crippen LogP contribution in [0.1, 0.15) is 21.9 Å². The molecule has 3 aromatic carbocycles. The maximum Gasteiger partial charge on any atom is 0.371 e. The van der Waals surface area contributed by atoms with Crippen LogP contribution in [0.5, 0.6) is 17.2 Å². The normalized spacial score (nSPS) is 10.9. The van der Waals surface area contributed by atoms with Gasteiger partial charge in [-0.2, -0.15) is 5.10 Å². The van der Waals surface area contributed by atoms with E-state index in [9.17, 15) is 9.59 Å².